The van der Waals surface area contributed by atoms with Gasteiger partial charge in [0.1, 0.15) is 19.0 Å². The van der Waals surface area contributed by atoms with Gasteiger partial charge in [-0.15, -0.1) is 0 Å². The molecule has 0 fully saturated rings. The van der Waals surface area contributed by atoms with Crippen LogP contribution in [0.4, 0.5) is 0 Å². The number of para-hydroxylation sites is 1. The number of halogens is 1. The van der Waals surface area contributed by atoms with Crippen LogP contribution in [0.3, 0.4) is 0 Å². The largest absolute Gasteiger partial charge is 0.496 e. The van der Waals surface area contributed by atoms with Crippen LogP contribution < -0.4 is 14.2 Å². The molecule has 0 amide bonds. The van der Waals surface area contributed by atoms with E-state index in [9.17, 15) is 0 Å². The molecule has 4 heteroatoms. The molecule has 0 spiro atoms. The molecule has 1 aliphatic heterocycles. The predicted molar refractivity (Wildman–Crippen MR) is 74.4 cm³/mol. The lowest BCUT2D eigenvalue weighted by Gasteiger charge is -2.22. The first kappa shape index (κ1) is 12.2. The lowest BCUT2D eigenvalue weighted by Crippen LogP contribution is -2.16. The number of rotatable bonds is 2. The second-order valence-electron chi connectivity index (χ2n) is 4.18. The first-order valence-corrected chi connectivity index (χ1v) is 6.40. The van der Waals surface area contributed by atoms with E-state index in [1.165, 1.54) is 0 Å². The van der Waals surface area contributed by atoms with Gasteiger partial charge < -0.3 is 14.2 Å². The summed E-state index contributed by atoms with van der Waals surface area (Å²) in [5.41, 5.74) is 1.83. The molecular weight excluding hydrogens is 264 g/mol. The third-order valence-electron chi connectivity index (χ3n) is 3.00. The van der Waals surface area contributed by atoms with E-state index in [1.807, 2.05) is 30.3 Å². The van der Waals surface area contributed by atoms with Crippen molar-refractivity contribution in [3.05, 3.63) is 41.4 Å². The molecule has 3 rings (SSSR count). The molecule has 98 valence electrons. The molecule has 0 aromatic heterocycles. The van der Waals surface area contributed by atoms with Gasteiger partial charge in [0.15, 0.2) is 11.5 Å². The van der Waals surface area contributed by atoms with Crippen molar-refractivity contribution in [2.75, 3.05) is 20.3 Å². The quantitative estimate of drug-likeness (QED) is 0.835. The lowest BCUT2D eigenvalue weighted by atomic mass is 10.0. The third kappa shape index (κ3) is 2.22. The van der Waals surface area contributed by atoms with Crippen LogP contribution in [0.5, 0.6) is 17.2 Å². The predicted octanol–water partition coefficient (Wildman–Crippen LogP) is 3.79. The zero-order chi connectivity index (χ0) is 13.2. The van der Waals surface area contributed by atoms with Crippen molar-refractivity contribution in [3.63, 3.8) is 0 Å². The molecule has 0 N–H and O–H groups in total. The molecule has 0 aliphatic carbocycles. The maximum absolute atomic E-state index is 6.15. The molecule has 1 aliphatic rings. The Labute approximate surface area is 116 Å². The molecule has 0 saturated carbocycles. The molecule has 0 atom stereocenters. The van der Waals surface area contributed by atoms with Crippen LogP contribution in [0.1, 0.15) is 0 Å². The van der Waals surface area contributed by atoms with Gasteiger partial charge in [-0.3, -0.25) is 0 Å². The summed E-state index contributed by atoms with van der Waals surface area (Å²) in [5, 5.41) is 0.616. The van der Waals surface area contributed by atoms with Crippen LogP contribution in [-0.4, -0.2) is 20.3 Å². The smallest absolute Gasteiger partial charge is 0.169 e. The minimum absolute atomic E-state index is 0.538. The Kier molecular flexibility index (Phi) is 3.22. The van der Waals surface area contributed by atoms with Crippen molar-refractivity contribution in [2.24, 2.45) is 0 Å². The minimum atomic E-state index is 0.538. The first-order chi connectivity index (χ1) is 9.29. The molecule has 2 aromatic carbocycles. The van der Waals surface area contributed by atoms with Crippen molar-refractivity contribution in [3.8, 4) is 28.4 Å². The highest BCUT2D eigenvalue weighted by Gasteiger charge is 2.20. The van der Waals surface area contributed by atoms with Gasteiger partial charge >= 0.3 is 0 Å². The standard InChI is InChI=1S/C15H13ClO3/c1-17-13-5-3-2-4-11(13)12-8-10(16)9-14-15(12)19-7-6-18-14/h2-5,8-9H,6-7H2,1H3. The van der Waals surface area contributed by atoms with Gasteiger partial charge in [-0.1, -0.05) is 29.8 Å². The normalized spacial score (nSPS) is 13.2. The molecule has 19 heavy (non-hydrogen) atoms. The van der Waals surface area contributed by atoms with Crippen molar-refractivity contribution in [1.82, 2.24) is 0 Å². The summed E-state index contributed by atoms with van der Waals surface area (Å²) in [6, 6.07) is 11.4. The number of fused-ring (bicyclic) bond motifs is 1. The SMILES string of the molecule is COc1ccccc1-c1cc(Cl)cc2c1OCCO2. The van der Waals surface area contributed by atoms with Crippen LogP contribution in [0.2, 0.25) is 5.02 Å². The van der Waals surface area contributed by atoms with E-state index in [1.54, 1.807) is 13.2 Å². The van der Waals surface area contributed by atoms with Crippen LogP contribution in [-0.2, 0) is 0 Å². The Balaban J connectivity index is 2.21. The van der Waals surface area contributed by atoms with Crippen molar-refractivity contribution in [2.45, 2.75) is 0 Å². The number of benzene rings is 2. The maximum atomic E-state index is 6.15. The third-order valence-corrected chi connectivity index (χ3v) is 3.22. The van der Waals surface area contributed by atoms with Crippen LogP contribution >= 0.6 is 11.6 Å². The molecular formula is C15H13ClO3. The summed E-state index contributed by atoms with van der Waals surface area (Å²) < 4.78 is 16.7. The van der Waals surface area contributed by atoms with E-state index < -0.39 is 0 Å². The molecule has 0 bridgehead atoms. The fourth-order valence-electron chi connectivity index (χ4n) is 2.19. The highest BCUT2D eigenvalue weighted by molar-refractivity contribution is 6.31. The summed E-state index contributed by atoms with van der Waals surface area (Å²) in [4.78, 5) is 0. The Morgan fingerprint density at radius 1 is 1.05 bits per heavy atom. The van der Waals surface area contributed by atoms with Gasteiger partial charge in [-0.25, -0.2) is 0 Å². The van der Waals surface area contributed by atoms with Gasteiger partial charge in [0.05, 0.1) is 7.11 Å². The molecule has 2 aromatic rings. The van der Waals surface area contributed by atoms with E-state index in [-0.39, 0.29) is 0 Å². The lowest BCUT2D eigenvalue weighted by molar-refractivity contribution is 0.172. The van der Waals surface area contributed by atoms with Gasteiger partial charge in [0, 0.05) is 22.2 Å². The number of hydrogen-bond donors (Lipinski definition) is 0. The van der Waals surface area contributed by atoms with E-state index in [0.717, 1.165) is 22.6 Å². The number of hydrogen-bond acceptors (Lipinski definition) is 3. The van der Waals surface area contributed by atoms with Gasteiger partial charge in [0.25, 0.3) is 0 Å². The zero-order valence-electron chi connectivity index (χ0n) is 10.5. The topological polar surface area (TPSA) is 27.7 Å². The van der Waals surface area contributed by atoms with E-state index in [4.69, 9.17) is 25.8 Å². The second kappa shape index (κ2) is 5.02. The number of methoxy groups -OCH3 is 1. The van der Waals surface area contributed by atoms with Gasteiger partial charge in [-0.05, 0) is 12.1 Å². The van der Waals surface area contributed by atoms with E-state index in [0.29, 0.717) is 24.0 Å². The fourth-order valence-corrected chi connectivity index (χ4v) is 2.40. The first-order valence-electron chi connectivity index (χ1n) is 6.02. The fraction of sp³-hybridized carbons (Fsp3) is 0.200. The number of ether oxygens (including phenoxy) is 3. The van der Waals surface area contributed by atoms with Crippen LogP contribution in [0.15, 0.2) is 36.4 Å². The summed E-state index contributed by atoms with van der Waals surface area (Å²) in [5.74, 6) is 2.18. The summed E-state index contributed by atoms with van der Waals surface area (Å²) in [6.07, 6.45) is 0. The Hall–Kier alpha value is -1.87. The van der Waals surface area contributed by atoms with E-state index >= 15 is 0 Å². The summed E-state index contributed by atoms with van der Waals surface area (Å²) in [6.45, 7) is 1.08. The summed E-state index contributed by atoms with van der Waals surface area (Å²) >= 11 is 6.15. The average Bonchev–Trinajstić information content (AvgIpc) is 2.46. The Morgan fingerprint density at radius 2 is 1.84 bits per heavy atom. The molecule has 0 saturated heterocycles. The molecule has 0 unspecified atom stereocenters. The molecule has 0 radical (unpaired) electrons. The van der Waals surface area contributed by atoms with Crippen molar-refractivity contribution < 1.29 is 14.2 Å². The van der Waals surface area contributed by atoms with Crippen molar-refractivity contribution >= 4 is 11.6 Å². The van der Waals surface area contributed by atoms with Crippen molar-refractivity contribution in [1.29, 1.82) is 0 Å². The minimum Gasteiger partial charge on any atom is -0.496 e. The van der Waals surface area contributed by atoms with Gasteiger partial charge in [-0.2, -0.15) is 0 Å². The second-order valence-corrected chi connectivity index (χ2v) is 4.61. The van der Waals surface area contributed by atoms with Gasteiger partial charge in [0.2, 0.25) is 0 Å². The maximum Gasteiger partial charge on any atom is 0.169 e. The summed E-state index contributed by atoms with van der Waals surface area (Å²) in [7, 11) is 1.65. The highest BCUT2D eigenvalue weighted by Crippen LogP contribution is 2.44. The average molecular weight is 277 g/mol. The molecule has 1 heterocycles. The molecule has 3 nitrogen and oxygen atoms in total. The highest BCUT2D eigenvalue weighted by atomic mass is 35.5. The zero-order valence-corrected chi connectivity index (χ0v) is 11.2. The Morgan fingerprint density at radius 3 is 2.68 bits per heavy atom. The van der Waals surface area contributed by atoms with Crippen LogP contribution in [0, 0.1) is 0 Å². The van der Waals surface area contributed by atoms with Crippen LogP contribution in [0.25, 0.3) is 11.1 Å². The Bertz CT molecular complexity index is 610. The monoisotopic (exact) mass is 276 g/mol. The van der Waals surface area contributed by atoms with E-state index in [2.05, 4.69) is 0 Å².